The Labute approximate surface area is 119 Å². The number of rotatable bonds is 4. The van der Waals surface area contributed by atoms with E-state index in [0.717, 1.165) is 21.9 Å². The molecule has 0 spiro atoms. The number of hydrogen-bond donors (Lipinski definition) is 1. The number of nitrogens with one attached hydrogen (secondary N) is 1. The van der Waals surface area contributed by atoms with E-state index in [0.29, 0.717) is 11.0 Å². The molecular weight excluding hydrogens is 282 g/mol. The second-order valence-electron chi connectivity index (χ2n) is 3.84. The molecule has 0 aliphatic rings. The first-order chi connectivity index (χ1) is 9.33. The zero-order chi connectivity index (χ0) is 13.1. The smallest absolute Gasteiger partial charge is 0.183 e. The molecule has 0 saturated carbocycles. The molecule has 0 aliphatic heterocycles. The van der Waals surface area contributed by atoms with Gasteiger partial charge < -0.3 is 9.73 Å². The molecule has 2 aromatic heterocycles. The van der Waals surface area contributed by atoms with Gasteiger partial charge >= 0.3 is 0 Å². The first-order valence-corrected chi connectivity index (χ1v) is 6.84. The Balaban J connectivity index is 1.81. The molecule has 1 N–H and O–H groups in total. The first-order valence-electron chi connectivity index (χ1n) is 5.65. The van der Waals surface area contributed by atoms with E-state index in [2.05, 4.69) is 15.3 Å². The number of oxazole rings is 1. The van der Waals surface area contributed by atoms with Gasteiger partial charge in [0.2, 0.25) is 0 Å². The van der Waals surface area contributed by atoms with Crippen molar-refractivity contribution in [2.45, 2.75) is 6.54 Å². The summed E-state index contributed by atoms with van der Waals surface area (Å²) in [6.45, 7) is 0.676. The summed E-state index contributed by atoms with van der Waals surface area (Å²) in [6, 6.07) is 7.93. The van der Waals surface area contributed by atoms with Crippen LogP contribution in [-0.2, 0) is 6.54 Å². The van der Waals surface area contributed by atoms with Crippen molar-refractivity contribution in [1.29, 1.82) is 0 Å². The van der Waals surface area contributed by atoms with Crippen LogP contribution < -0.4 is 5.32 Å². The molecular formula is C13H10ClN3OS. The maximum atomic E-state index is 5.81. The number of para-hydroxylation sites is 1. The lowest BCUT2D eigenvalue weighted by atomic mass is 10.1. The largest absolute Gasteiger partial charge is 0.443 e. The fourth-order valence-electron chi connectivity index (χ4n) is 1.75. The lowest BCUT2D eigenvalue weighted by Crippen LogP contribution is -1.98. The van der Waals surface area contributed by atoms with Crippen molar-refractivity contribution in [1.82, 2.24) is 9.97 Å². The second-order valence-corrected chi connectivity index (χ2v) is 5.54. The van der Waals surface area contributed by atoms with Crippen molar-refractivity contribution in [2.75, 3.05) is 5.32 Å². The third-order valence-electron chi connectivity index (χ3n) is 2.60. The number of thiazole rings is 1. The van der Waals surface area contributed by atoms with E-state index < -0.39 is 0 Å². The average molecular weight is 292 g/mol. The normalized spacial score (nSPS) is 10.6. The van der Waals surface area contributed by atoms with E-state index >= 15 is 0 Å². The number of benzene rings is 1. The lowest BCUT2D eigenvalue weighted by Gasteiger charge is -2.08. The summed E-state index contributed by atoms with van der Waals surface area (Å²) in [7, 11) is 0. The predicted molar refractivity (Wildman–Crippen MR) is 76.4 cm³/mol. The molecule has 6 heteroatoms. The Morgan fingerprint density at radius 1 is 1.26 bits per heavy atom. The SMILES string of the molecule is Clc1ncc(CNc2ccccc2-c2cnco2)s1. The average Bonchev–Trinajstić information content (AvgIpc) is 3.08. The molecule has 4 nitrogen and oxygen atoms in total. The van der Waals surface area contributed by atoms with Gasteiger partial charge in [-0.05, 0) is 12.1 Å². The van der Waals surface area contributed by atoms with Crippen LogP contribution in [0.2, 0.25) is 4.47 Å². The van der Waals surface area contributed by atoms with E-state index in [-0.39, 0.29) is 0 Å². The number of nitrogens with zero attached hydrogens (tertiary/aromatic N) is 2. The summed E-state index contributed by atoms with van der Waals surface area (Å²) in [4.78, 5) is 9.04. The van der Waals surface area contributed by atoms with Crippen LogP contribution in [0.25, 0.3) is 11.3 Å². The van der Waals surface area contributed by atoms with Gasteiger partial charge in [0, 0.05) is 22.3 Å². The topological polar surface area (TPSA) is 51.0 Å². The van der Waals surface area contributed by atoms with E-state index in [1.54, 1.807) is 12.4 Å². The summed E-state index contributed by atoms with van der Waals surface area (Å²) in [5.74, 6) is 0.741. The van der Waals surface area contributed by atoms with Crippen LogP contribution in [0.4, 0.5) is 5.69 Å². The molecule has 3 aromatic rings. The Hall–Kier alpha value is -1.85. The van der Waals surface area contributed by atoms with Crippen molar-refractivity contribution < 1.29 is 4.42 Å². The Kier molecular flexibility index (Phi) is 3.48. The molecule has 0 amide bonds. The van der Waals surface area contributed by atoms with Gasteiger partial charge in [0.1, 0.15) is 0 Å². The third kappa shape index (κ3) is 2.77. The Bertz CT molecular complexity index is 666. The van der Waals surface area contributed by atoms with Crippen LogP contribution >= 0.6 is 22.9 Å². The first kappa shape index (κ1) is 12.2. The van der Waals surface area contributed by atoms with E-state index in [9.17, 15) is 0 Å². The van der Waals surface area contributed by atoms with Crippen molar-refractivity contribution >= 4 is 28.6 Å². The Morgan fingerprint density at radius 3 is 2.89 bits per heavy atom. The molecule has 0 saturated heterocycles. The maximum Gasteiger partial charge on any atom is 0.183 e. The third-order valence-corrected chi connectivity index (χ3v) is 3.72. The molecule has 0 aliphatic carbocycles. The van der Waals surface area contributed by atoms with Crippen molar-refractivity contribution in [3.05, 3.63) is 52.4 Å². The van der Waals surface area contributed by atoms with Gasteiger partial charge in [-0.2, -0.15) is 0 Å². The fourth-order valence-corrected chi connectivity index (χ4v) is 2.67. The van der Waals surface area contributed by atoms with Gasteiger partial charge in [0.25, 0.3) is 0 Å². The van der Waals surface area contributed by atoms with Crippen molar-refractivity contribution in [3.63, 3.8) is 0 Å². The summed E-state index contributed by atoms with van der Waals surface area (Å²) in [6.07, 6.45) is 4.90. The van der Waals surface area contributed by atoms with Gasteiger partial charge in [-0.3, -0.25) is 0 Å². The minimum Gasteiger partial charge on any atom is -0.443 e. The monoisotopic (exact) mass is 291 g/mol. The highest BCUT2D eigenvalue weighted by Gasteiger charge is 2.07. The molecule has 19 heavy (non-hydrogen) atoms. The van der Waals surface area contributed by atoms with E-state index in [1.807, 2.05) is 24.3 Å². The lowest BCUT2D eigenvalue weighted by molar-refractivity contribution is 0.572. The van der Waals surface area contributed by atoms with Gasteiger partial charge in [0.05, 0.1) is 12.7 Å². The van der Waals surface area contributed by atoms with Crippen LogP contribution in [0.15, 0.2) is 47.5 Å². The minimum atomic E-state index is 0.556. The number of anilines is 1. The zero-order valence-corrected chi connectivity index (χ0v) is 11.4. The molecule has 0 atom stereocenters. The van der Waals surface area contributed by atoms with Crippen LogP contribution in [-0.4, -0.2) is 9.97 Å². The predicted octanol–water partition coefficient (Wildman–Crippen LogP) is 4.06. The quantitative estimate of drug-likeness (QED) is 0.787. The van der Waals surface area contributed by atoms with Crippen LogP contribution in [0.1, 0.15) is 4.88 Å². The number of hydrogen-bond acceptors (Lipinski definition) is 5. The van der Waals surface area contributed by atoms with Crippen LogP contribution in [0.5, 0.6) is 0 Å². The second kappa shape index (κ2) is 5.42. The summed E-state index contributed by atoms with van der Waals surface area (Å²) in [5, 5.41) is 3.36. The molecule has 0 bridgehead atoms. The zero-order valence-electron chi connectivity index (χ0n) is 9.84. The standard InChI is InChI=1S/C13H10ClN3OS/c14-13-17-6-9(19-13)5-16-11-4-2-1-3-10(11)12-7-15-8-18-12/h1-4,6-8,16H,5H2. The molecule has 1 aromatic carbocycles. The summed E-state index contributed by atoms with van der Waals surface area (Å²) >= 11 is 7.28. The highest BCUT2D eigenvalue weighted by molar-refractivity contribution is 7.15. The molecule has 0 radical (unpaired) electrons. The minimum absolute atomic E-state index is 0.556. The summed E-state index contributed by atoms with van der Waals surface area (Å²) in [5.41, 5.74) is 1.97. The van der Waals surface area contributed by atoms with Gasteiger partial charge in [-0.15, -0.1) is 11.3 Å². The molecule has 0 fully saturated rings. The van der Waals surface area contributed by atoms with Gasteiger partial charge in [-0.25, -0.2) is 9.97 Å². The number of halogens is 1. The van der Waals surface area contributed by atoms with E-state index in [4.69, 9.17) is 16.0 Å². The Morgan fingerprint density at radius 2 is 2.16 bits per heavy atom. The fraction of sp³-hybridized carbons (Fsp3) is 0.0769. The van der Waals surface area contributed by atoms with Gasteiger partial charge in [0.15, 0.2) is 16.6 Å². The van der Waals surface area contributed by atoms with Crippen LogP contribution in [0, 0.1) is 0 Å². The van der Waals surface area contributed by atoms with E-state index in [1.165, 1.54) is 17.7 Å². The van der Waals surface area contributed by atoms with Gasteiger partial charge in [-0.1, -0.05) is 23.7 Å². The summed E-state index contributed by atoms with van der Waals surface area (Å²) < 4.78 is 5.89. The van der Waals surface area contributed by atoms with Crippen molar-refractivity contribution in [3.8, 4) is 11.3 Å². The number of aromatic nitrogens is 2. The molecule has 0 unspecified atom stereocenters. The highest BCUT2D eigenvalue weighted by atomic mass is 35.5. The van der Waals surface area contributed by atoms with Crippen LogP contribution in [0.3, 0.4) is 0 Å². The highest BCUT2D eigenvalue weighted by Crippen LogP contribution is 2.28. The molecule has 2 heterocycles. The van der Waals surface area contributed by atoms with Crippen molar-refractivity contribution in [2.24, 2.45) is 0 Å². The maximum absolute atomic E-state index is 5.81. The molecule has 96 valence electrons. The molecule has 3 rings (SSSR count).